The number of rotatable bonds is 5. The Morgan fingerprint density at radius 2 is 2.12 bits per heavy atom. The molecule has 1 aliphatic heterocycles. The van der Waals surface area contributed by atoms with Crippen LogP contribution >= 0.6 is 0 Å². The van der Waals surface area contributed by atoms with Crippen molar-refractivity contribution in [2.75, 3.05) is 6.54 Å². The molecule has 5 heteroatoms. The molecule has 6 atom stereocenters. The zero-order valence-corrected chi connectivity index (χ0v) is 19.3. The van der Waals surface area contributed by atoms with Crippen molar-refractivity contribution >= 4 is 5.97 Å². The molecular weight excluding hydrogens is 415 g/mol. The summed E-state index contributed by atoms with van der Waals surface area (Å²) in [6.07, 6.45) is 12.6. The molecule has 0 amide bonds. The van der Waals surface area contributed by atoms with E-state index in [1.165, 1.54) is 25.0 Å². The van der Waals surface area contributed by atoms with E-state index >= 15 is 0 Å². The highest BCUT2D eigenvalue weighted by Crippen LogP contribution is 2.59. The Morgan fingerprint density at radius 1 is 1.24 bits per heavy atom. The number of aromatic nitrogens is 1. The Bertz CT molecular complexity index is 1040. The van der Waals surface area contributed by atoms with Crippen LogP contribution in [0.1, 0.15) is 44.7 Å². The molecule has 2 N–H and O–H groups in total. The smallest absolute Gasteiger partial charge is 0.309 e. The number of hydrogen-bond donors (Lipinski definition) is 1. The predicted octanol–water partition coefficient (Wildman–Crippen LogP) is 5.32. The molecule has 0 spiro atoms. The summed E-state index contributed by atoms with van der Waals surface area (Å²) >= 11 is 0. The van der Waals surface area contributed by atoms with Crippen LogP contribution in [0, 0.1) is 34.9 Å². The van der Waals surface area contributed by atoms with Gasteiger partial charge in [0.05, 0.1) is 5.92 Å². The van der Waals surface area contributed by atoms with Gasteiger partial charge in [-0.1, -0.05) is 43.2 Å². The average molecular weight is 449 g/mol. The standard InChI is InChI=1S/C28H33FN2O2/c1-18-26-24(27(32)33-18)15-21-7-2-3-13-28(21,17-30)25(26)10-5-9-23-12-11-20(16-31-23)19-6-4-8-22(29)14-19/h4-6,8,10-12,14,16,18,21,24-26H,2-3,7,9,13,15,17,30H2,1H3/b10-5-/t18?,21?,24?,25?,26-,28?/m0/s1. The van der Waals surface area contributed by atoms with Crippen LogP contribution in [0.2, 0.25) is 0 Å². The maximum absolute atomic E-state index is 13.5. The lowest BCUT2D eigenvalue weighted by Gasteiger charge is -2.55. The highest BCUT2D eigenvalue weighted by Gasteiger charge is 2.59. The molecule has 3 fully saturated rings. The summed E-state index contributed by atoms with van der Waals surface area (Å²) in [5.74, 6) is 0.685. The maximum atomic E-state index is 13.5. The number of benzene rings is 1. The number of cyclic esters (lactones) is 1. The van der Waals surface area contributed by atoms with Crippen LogP contribution in [0.25, 0.3) is 11.1 Å². The summed E-state index contributed by atoms with van der Waals surface area (Å²) in [5.41, 5.74) is 9.22. The monoisotopic (exact) mass is 448 g/mol. The quantitative estimate of drug-likeness (QED) is 0.497. The van der Waals surface area contributed by atoms with Gasteiger partial charge < -0.3 is 10.5 Å². The zero-order chi connectivity index (χ0) is 23.0. The first kappa shape index (κ1) is 22.3. The third-order valence-corrected chi connectivity index (χ3v) is 8.52. The number of carbonyl (C=O) groups is 1. The van der Waals surface area contributed by atoms with Gasteiger partial charge in [-0.05, 0) is 73.7 Å². The van der Waals surface area contributed by atoms with Gasteiger partial charge >= 0.3 is 5.97 Å². The molecule has 1 aromatic carbocycles. The van der Waals surface area contributed by atoms with Gasteiger partial charge in [-0.15, -0.1) is 0 Å². The van der Waals surface area contributed by atoms with E-state index in [2.05, 4.69) is 17.1 Å². The number of esters is 1. The fourth-order valence-electron chi connectivity index (χ4n) is 6.89. The van der Waals surface area contributed by atoms with Crippen molar-refractivity contribution in [2.24, 2.45) is 34.8 Å². The van der Waals surface area contributed by atoms with E-state index < -0.39 is 0 Å². The number of carbonyl (C=O) groups excluding carboxylic acids is 1. The second-order valence-corrected chi connectivity index (χ2v) is 10.1. The highest BCUT2D eigenvalue weighted by atomic mass is 19.1. The lowest BCUT2D eigenvalue weighted by Crippen LogP contribution is -2.54. The van der Waals surface area contributed by atoms with Crippen LogP contribution in [0.5, 0.6) is 0 Å². The molecule has 5 rings (SSSR count). The molecule has 2 aromatic rings. The number of hydrogen-bond acceptors (Lipinski definition) is 4. The first-order valence-corrected chi connectivity index (χ1v) is 12.3. The molecule has 174 valence electrons. The fraction of sp³-hybridized carbons (Fsp3) is 0.500. The van der Waals surface area contributed by atoms with Crippen molar-refractivity contribution in [3.05, 3.63) is 66.3 Å². The van der Waals surface area contributed by atoms with Crippen molar-refractivity contribution < 1.29 is 13.9 Å². The SMILES string of the molecule is CC1OC(=O)C2CC3CCCCC3(CN)C(/C=C\Cc3ccc(-c4cccc(F)c4)cn3)[C@@H]12. The third-order valence-electron chi connectivity index (χ3n) is 8.52. The first-order chi connectivity index (χ1) is 16.0. The van der Waals surface area contributed by atoms with Gasteiger partial charge in [-0.3, -0.25) is 9.78 Å². The summed E-state index contributed by atoms with van der Waals surface area (Å²) in [6, 6.07) is 10.6. The molecular formula is C28H33FN2O2. The van der Waals surface area contributed by atoms with Crippen LogP contribution in [0.3, 0.4) is 0 Å². The van der Waals surface area contributed by atoms with Gasteiger partial charge in [0.2, 0.25) is 0 Å². The summed E-state index contributed by atoms with van der Waals surface area (Å²) in [5, 5.41) is 0. The first-order valence-electron chi connectivity index (χ1n) is 12.3. The number of halogens is 1. The Balaban J connectivity index is 1.37. The summed E-state index contributed by atoms with van der Waals surface area (Å²) < 4.78 is 19.2. The minimum Gasteiger partial charge on any atom is -0.462 e. The minimum atomic E-state index is -0.247. The van der Waals surface area contributed by atoms with Gasteiger partial charge in [0.15, 0.2) is 0 Å². The third kappa shape index (κ3) is 4.01. The predicted molar refractivity (Wildman–Crippen MR) is 127 cm³/mol. The molecule has 3 aliphatic rings. The van der Waals surface area contributed by atoms with Gasteiger partial charge in [0, 0.05) is 29.8 Å². The van der Waals surface area contributed by atoms with E-state index in [0.29, 0.717) is 18.9 Å². The van der Waals surface area contributed by atoms with E-state index in [9.17, 15) is 9.18 Å². The molecule has 2 saturated carbocycles. The van der Waals surface area contributed by atoms with Crippen LogP contribution in [0.4, 0.5) is 4.39 Å². The molecule has 1 aromatic heterocycles. The Hall–Kier alpha value is -2.53. The second-order valence-electron chi connectivity index (χ2n) is 10.1. The lowest BCUT2D eigenvalue weighted by molar-refractivity contribution is -0.144. The van der Waals surface area contributed by atoms with E-state index in [0.717, 1.165) is 36.1 Å². The Kier molecular flexibility index (Phi) is 6.09. The maximum Gasteiger partial charge on any atom is 0.309 e. The molecule has 2 heterocycles. The summed E-state index contributed by atoms with van der Waals surface area (Å²) in [7, 11) is 0. The molecule has 0 radical (unpaired) electrons. The lowest BCUT2D eigenvalue weighted by atomic mass is 9.49. The molecule has 33 heavy (non-hydrogen) atoms. The van der Waals surface area contributed by atoms with Crippen molar-refractivity contribution in [3.8, 4) is 11.1 Å². The van der Waals surface area contributed by atoms with Crippen LogP contribution in [0.15, 0.2) is 54.7 Å². The summed E-state index contributed by atoms with van der Waals surface area (Å²) in [6.45, 7) is 2.71. The van der Waals surface area contributed by atoms with Gasteiger partial charge in [0.1, 0.15) is 11.9 Å². The van der Waals surface area contributed by atoms with E-state index in [4.69, 9.17) is 10.5 Å². The number of fused-ring (bicyclic) bond motifs is 2. The van der Waals surface area contributed by atoms with Crippen LogP contribution in [-0.2, 0) is 16.0 Å². The topological polar surface area (TPSA) is 65.2 Å². The Labute approximate surface area is 195 Å². The number of nitrogens with two attached hydrogens (primary N) is 1. The van der Waals surface area contributed by atoms with Gasteiger partial charge in [-0.25, -0.2) is 4.39 Å². The normalized spacial score (nSPS) is 33.5. The molecule has 2 aliphatic carbocycles. The summed E-state index contributed by atoms with van der Waals surface area (Å²) in [4.78, 5) is 17.2. The number of allylic oxidation sites excluding steroid dienone is 2. The minimum absolute atomic E-state index is 0.00102. The molecule has 5 unspecified atom stereocenters. The van der Waals surface area contributed by atoms with Crippen molar-refractivity contribution in [1.82, 2.24) is 4.98 Å². The number of nitrogens with zero attached hydrogens (tertiary/aromatic N) is 1. The van der Waals surface area contributed by atoms with E-state index in [1.54, 1.807) is 12.3 Å². The fourth-order valence-corrected chi connectivity index (χ4v) is 6.89. The largest absolute Gasteiger partial charge is 0.462 e. The van der Waals surface area contributed by atoms with Crippen LogP contribution < -0.4 is 5.73 Å². The van der Waals surface area contributed by atoms with Gasteiger partial charge in [0.25, 0.3) is 0 Å². The zero-order valence-electron chi connectivity index (χ0n) is 19.3. The molecule has 1 saturated heterocycles. The van der Waals surface area contributed by atoms with Crippen LogP contribution in [-0.4, -0.2) is 23.6 Å². The van der Waals surface area contributed by atoms with E-state index in [1.807, 2.05) is 25.1 Å². The highest BCUT2D eigenvalue weighted by molar-refractivity contribution is 5.75. The van der Waals surface area contributed by atoms with Gasteiger partial charge in [-0.2, -0.15) is 0 Å². The number of ether oxygens (including phenoxy) is 1. The van der Waals surface area contributed by atoms with Crippen molar-refractivity contribution in [3.63, 3.8) is 0 Å². The van der Waals surface area contributed by atoms with Crippen molar-refractivity contribution in [1.29, 1.82) is 0 Å². The molecule has 0 bridgehead atoms. The van der Waals surface area contributed by atoms with Crippen molar-refractivity contribution in [2.45, 2.75) is 51.6 Å². The second kappa shape index (κ2) is 9.02. The molecule has 4 nitrogen and oxygen atoms in total. The van der Waals surface area contributed by atoms with E-state index in [-0.39, 0.29) is 41.1 Å². The number of pyridine rings is 1. The Morgan fingerprint density at radius 3 is 2.88 bits per heavy atom. The average Bonchev–Trinajstić information content (AvgIpc) is 3.11.